The smallest absolute Gasteiger partial charge is 0.0648 e. The lowest BCUT2D eigenvalue weighted by Crippen LogP contribution is -2.40. The van der Waals surface area contributed by atoms with Crippen LogP contribution in [0.5, 0.6) is 0 Å². The molecule has 1 nitrogen and oxygen atoms in total. The van der Waals surface area contributed by atoms with Gasteiger partial charge in [0, 0.05) is 11.8 Å². The van der Waals surface area contributed by atoms with Crippen molar-refractivity contribution in [1.29, 1.82) is 0 Å². The van der Waals surface area contributed by atoms with Crippen LogP contribution in [0.1, 0.15) is 52.9 Å². The van der Waals surface area contributed by atoms with Crippen molar-refractivity contribution >= 4 is 11.8 Å². The quantitative estimate of drug-likeness (QED) is 0.662. The summed E-state index contributed by atoms with van der Waals surface area (Å²) in [4.78, 5) is 0.452. The number of nitrogens with one attached hydrogen (secondary N) is 1. The third-order valence-corrected chi connectivity index (χ3v) is 5.50. The van der Waals surface area contributed by atoms with E-state index in [1.165, 1.54) is 37.9 Å². The summed E-state index contributed by atoms with van der Waals surface area (Å²) in [6.45, 7) is 7.17. The van der Waals surface area contributed by atoms with Gasteiger partial charge in [0.05, 0.1) is 4.87 Å². The van der Waals surface area contributed by atoms with Crippen molar-refractivity contribution in [3.05, 3.63) is 0 Å². The molecule has 0 amide bonds. The lowest BCUT2D eigenvalue weighted by molar-refractivity contribution is 0.306. The van der Waals surface area contributed by atoms with Crippen LogP contribution in [0.25, 0.3) is 0 Å². The Bertz CT molecular complexity index is 214. The van der Waals surface area contributed by atoms with Gasteiger partial charge < -0.3 is 0 Å². The summed E-state index contributed by atoms with van der Waals surface area (Å²) < 4.78 is 0. The molecule has 0 bridgehead atoms. The normalized spacial score (nSPS) is 42.6. The molecule has 2 heteroatoms. The van der Waals surface area contributed by atoms with E-state index >= 15 is 0 Å². The topological polar surface area (TPSA) is 12.0 Å². The molecule has 0 aromatic heterocycles. The maximum Gasteiger partial charge on any atom is 0.0648 e. The van der Waals surface area contributed by atoms with Gasteiger partial charge in [-0.15, -0.1) is 11.8 Å². The average Bonchev–Trinajstić information content (AvgIpc) is 2.38. The summed E-state index contributed by atoms with van der Waals surface area (Å²) in [7, 11) is 0. The van der Waals surface area contributed by atoms with Crippen LogP contribution in [0.4, 0.5) is 0 Å². The highest BCUT2D eigenvalue weighted by Gasteiger charge is 2.40. The lowest BCUT2D eigenvalue weighted by Gasteiger charge is -2.29. The van der Waals surface area contributed by atoms with Crippen LogP contribution in [0.15, 0.2) is 0 Å². The highest BCUT2D eigenvalue weighted by atomic mass is 32.2. The van der Waals surface area contributed by atoms with E-state index in [0.29, 0.717) is 10.3 Å². The molecule has 1 heterocycles. The summed E-state index contributed by atoms with van der Waals surface area (Å²) in [6, 6.07) is 0.723. The molecule has 2 fully saturated rings. The molecule has 82 valence electrons. The van der Waals surface area contributed by atoms with Crippen molar-refractivity contribution in [3.63, 3.8) is 0 Å². The largest absolute Gasteiger partial charge is 0.299 e. The van der Waals surface area contributed by atoms with E-state index in [0.717, 1.165) is 6.04 Å². The Morgan fingerprint density at radius 3 is 2.57 bits per heavy atom. The highest BCUT2D eigenvalue weighted by Crippen LogP contribution is 2.45. The first-order valence-electron chi connectivity index (χ1n) is 5.93. The Kier molecular flexibility index (Phi) is 2.87. The Balaban J connectivity index is 2.01. The first-order valence-corrected chi connectivity index (χ1v) is 6.92. The van der Waals surface area contributed by atoms with Gasteiger partial charge in [0.2, 0.25) is 0 Å². The van der Waals surface area contributed by atoms with Crippen molar-refractivity contribution in [1.82, 2.24) is 5.32 Å². The third-order valence-electron chi connectivity index (χ3n) is 3.76. The minimum Gasteiger partial charge on any atom is -0.299 e. The van der Waals surface area contributed by atoms with Gasteiger partial charge in [0.15, 0.2) is 0 Å². The van der Waals surface area contributed by atoms with Gasteiger partial charge in [-0.3, -0.25) is 5.32 Å². The molecule has 14 heavy (non-hydrogen) atoms. The summed E-state index contributed by atoms with van der Waals surface area (Å²) >= 11 is 2.18. The van der Waals surface area contributed by atoms with E-state index < -0.39 is 0 Å². The molecule has 1 saturated carbocycles. The summed E-state index contributed by atoms with van der Waals surface area (Å²) in [5.74, 6) is 1.31. The van der Waals surface area contributed by atoms with E-state index in [2.05, 4.69) is 37.8 Å². The van der Waals surface area contributed by atoms with Crippen LogP contribution in [-0.2, 0) is 0 Å². The maximum atomic E-state index is 3.81. The first kappa shape index (κ1) is 10.8. The fourth-order valence-electron chi connectivity index (χ4n) is 2.75. The number of thioether (sulfide) groups is 1. The molecule has 2 unspecified atom stereocenters. The zero-order valence-electron chi connectivity index (χ0n) is 9.73. The summed E-state index contributed by atoms with van der Waals surface area (Å²) in [5.41, 5.74) is 0.581. The van der Waals surface area contributed by atoms with Crippen LogP contribution in [0.2, 0.25) is 0 Å². The zero-order chi connectivity index (χ0) is 10.2. The zero-order valence-corrected chi connectivity index (χ0v) is 10.5. The molecule has 0 aromatic carbocycles. The molecule has 1 N–H and O–H groups in total. The average molecular weight is 213 g/mol. The maximum absolute atomic E-state index is 3.81. The monoisotopic (exact) mass is 213 g/mol. The molecule has 0 radical (unpaired) electrons. The number of hydrogen-bond acceptors (Lipinski definition) is 2. The van der Waals surface area contributed by atoms with Crippen molar-refractivity contribution < 1.29 is 0 Å². The van der Waals surface area contributed by atoms with Crippen molar-refractivity contribution in [2.24, 2.45) is 5.41 Å². The highest BCUT2D eigenvalue weighted by molar-refractivity contribution is 8.00. The van der Waals surface area contributed by atoms with Crippen molar-refractivity contribution in [3.8, 4) is 0 Å². The second-order valence-corrected chi connectivity index (χ2v) is 7.27. The minimum absolute atomic E-state index is 0.452. The van der Waals surface area contributed by atoms with Gasteiger partial charge in [0.1, 0.15) is 0 Å². The van der Waals surface area contributed by atoms with Gasteiger partial charge in [-0.05, 0) is 38.0 Å². The van der Waals surface area contributed by atoms with Crippen LogP contribution in [0.3, 0.4) is 0 Å². The molecule has 2 rings (SSSR count). The van der Waals surface area contributed by atoms with Crippen LogP contribution < -0.4 is 5.32 Å². The second-order valence-electron chi connectivity index (χ2n) is 5.87. The fourth-order valence-corrected chi connectivity index (χ4v) is 4.22. The van der Waals surface area contributed by atoms with Crippen LogP contribution >= 0.6 is 11.8 Å². The summed E-state index contributed by atoms with van der Waals surface area (Å²) in [6.07, 6.45) is 6.95. The van der Waals surface area contributed by atoms with E-state index in [9.17, 15) is 0 Å². The van der Waals surface area contributed by atoms with E-state index in [1.807, 2.05) is 0 Å². The molecule has 1 aliphatic carbocycles. The van der Waals surface area contributed by atoms with Crippen LogP contribution in [-0.4, -0.2) is 16.7 Å². The van der Waals surface area contributed by atoms with Crippen molar-refractivity contribution in [2.45, 2.75) is 63.8 Å². The van der Waals surface area contributed by atoms with Crippen molar-refractivity contribution in [2.75, 3.05) is 5.75 Å². The molecule has 1 saturated heterocycles. The third kappa shape index (κ3) is 2.27. The molecular formula is C12H23NS. The standard InChI is InChI=1S/C12H23NS/c1-10-9-14-12(13-10)6-4-5-11(2,3)7-8-12/h10,13H,4-9H2,1-3H3. The molecular weight excluding hydrogens is 190 g/mol. The Morgan fingerprint density at radius 1 is 1.14 bits per heavy atom. The van der Waals surface area contributed by atoms with E-state index in [1.54, 1.807) is 0 Å². The lowest BCUT2D eigenvalue weighted by atomic mass is 9.85. The number of rotatable bonds is 0. The van der Waals surface area contributed by atoms with Gasteiger partial charge in [-0.1, -0.05) is 20.3 Å². The predicted octanol–water partition coefficient (Wildman–Crippen LogP) is 3.40. The predicted molar refractivity (Wildman–Crippen MR) is 64.7 cm³/mol. The second kappa shape index (κ2) is 3.71. The Hall–Kier alpha value is 0.310. The van der Waals surface area contributed by atoms with E-state index in [-0.39, 0.29) is 0 Å². The molecule has 0 aromatic rings. The molecule has 2 aliphatic rings. The van der Waals surface area contributed by atoms with Gasteiger partial charge in [0.25, 0.3) is 0 Å². The molecule has 2 atom stereocenters. The number of hydrogen-bond donors (Lipinski definition) is 1. The Labute approximate surface area is 92.4 Å². The molecule has 1 spiro atoms. The first-order chi connectivity index (χ1) is 6.52. The Morgan fingerprint density at radius 2 is 1.93 bits per heavy atom. The van der Waals surface area contributed by atoms with Gasteiger partial charge in [-0.2, -0.15) is 0 Å². The van der Waals surface area contributed by atoms with Gasteiger partial charge in [-0.25, -0.2) is 0 Å². The molecule has 1 aliphatic heterocycles. The summed E-state index contributed by atoms with van der Waals surface area (Å²) in [5, 5.41) is 3.81. The van der Waals surface area contributed by atoms with Crippen LogP contribution in [0, 0.1) is 5.41 Å². The van der Waals surface area contributed by atoms with Gasteiger partial charge >= 0.3 is 0 Å². The van der Waals surface area contributed by atoms with E-state index in [4.69, 9.17) is 0 Å². The fraction of sp³-hybridized carbons (Fsp3) is 1.00. The SMILES string of the molecule is CC1CSC2(CCCC(C)(C)CC2)N1. The minimum atomic E-state index is 0.452.